The van der Waals surface area contributed by atoms with Gasteiger partial charge in [0.1, 0.15) is 0 Å². The fourth-order valence-electron chi connectivity index (χ4n) is 3.17. The van der Waals surface area contributed by atoms with Crippen LogP contribution in [0.2, 0.25) is 0 Å². The summed E-state index contributed by atoms with van der Waals surface area (Å²) in [5, 5.41) is 9.98. The van der Waals surface area contributed by atoms with Crippen molar-refractivity contribution in [2.24, 2.45) is 17.8 Å². The lowest BCUT2D eigenvalue weighted by atomic mass is 9.88. The van der Waals surface area contributed by atoms with Crippen LogP contribution in [0.1, 0.15) is 39.5 Å². The van der Waals surface area contributed by atoms with Gasteiger partial charge >= 0.3 is 0 Å². The van der Waals surface area contributed by atoms with Gasteiger partial charge in [0.15, 0.2) is 0 Å². The van der Waals surface area contributed by atoms with Crippen LogP contribution in [-0.4, -0.2) is 10.7 Å². The molecular weight excluding hydrogens is 136 g/mol. The minimum atomic E-state index is -0.324. The summed E-state index contributed by atoms with van der Waals surface area (Å²) in [7, 11) is 0. The third-order valence-corrected chi connectivity index (χ3v) is 3.96. The van der Waals surface area contributed by atoms with E-state index in [9.17, 15) is 5.11 Å². The second-order valence-electron chi connectivity index (χ2n) is 4.72. The summed E-state index contributed by atoms with van der Waals surface area (Å²) in [5.74, 6) is 2.33. The molecule has 0 spiro atoms. The van der Waals surface area contributed by atoms with Crippen LogP contribution in [0.25, 0.3) is 0 Å². The molecule has 2 saturated carbocycles. The van der Waals surface area contributed by atoms with Gasteiger partial charge in [-0.05, 0) is 43.9 Å². The zero-order valence-corrected chi connectivity index (χ0v) is 7.51. The summed E-state index contributed by atoms with van der Waals surface area (Å²) >= 11 is 0. The second kappa shape index (κ2) is 2.22. The molecule has 0 aromatic rings. The first-order chi connectivity index (χ1) is 5.11. The molecule has 0 aliphatic heterocycles. The molecular formula is C10H18O. The average molecular weight is 154 g/mol. The van der Waals surface area contributed by atoms with Crippen LogP contribution >= 0.6 is 0 Å². The molecule has 0 aromatic carbocycles. The van der Waals surface area contributed by atoms with Crippen molar-refractivity contribution in [3.05, 3.63) is 0 Å². The summed E-state index contributed by atoms with van der Waals surface area (Å²) in [5.41, 5.74) is -0.324. The Hall–Kier alpha value is -0.0400. The molecule has 0 aromatic heterocycles. The first-order valence-electron chi connectivity index (χ1n) is 4.83. The van der Waals surface area contributed by atoms with Crippen LogP contribution in [-0.2, 0) is 0 Å². The van der Waals surface area contributed by atoms with Gasteiger partial charge in [-0.2, -0.15) is 0 Å². The predicted molar refractivity (Wildman–Crippen MR) is 45.2 cm³/mol. The van der Waals surface area contributed by atoms with E-state index in [4.69, 9.17) is 0 Å². The summed E-state index contributed by atoms with van der Waals surface area (Å²) in [4.78, 5) is 0. The minimum absolute atomic E-state index is 0.324. The van der Waals surface area contributed by atoms with E-state index < -0.39 is 0 Å². The predicted octanol–water partition coefficient (Wildman–Crippen LogP) is 2.19. The molecule has 2 aliphatic carbocycles. The minimum Gasteiger partial charge on any atom is -0.390 e. The number of rotatable bonds is 0. The topological polar surface area (TPSA) is 20.2 Å². The van der Waals surface area contributed by atoms with Crippen molar-refractivity contribution in [3.8, 4) is 0 Å². The van der Waals surface area contributed by atoms with Crippen LogP contribution in [0.3, 0.4) is 0 Å². The highest BCUT2D eigenvalue weighted by atomic mass is 16.3. The van der Waals surface area contributed by atoms with Crippen LogP contribution in [0, 0.1) is 17.8 Å². The van der Waals surface area contributed by atoms with Crippen molar-refractivity contribution in [2.45, 2.75) is 45.1 Å². The van der Waals surface area contributed by atoms with Crippen LogP contribution < -0.4 is 0 Å². The van der Waals surface area contributed by atoms with Crippen LogP contribution in [0.15, 0.2) is 0 Å². The van der Waals surface area contributed by atoms with Crippen molar-refractivity contribution >= 4 is 0 Å². The lowest BCUT2D eigenvalue weighted by molar-refractivity contribution is 0.0155. The maximum absolute atomic E-state index is 9.98. The maximum Gasteiger partial charge on any atom is 0.0650 e. The van der Waals surface area contributed by atoms with E-state index in [1.54, 1.807) is 0 Å². The average Bonchev–Trinajstić information content (AvgIpc) is 2.39. The van der Waals surface area contributed by atoms with Crippen molar-refractivity contribution in [1.29, 1.82) is 0 Å². The van der Waals surface area contributed by atoms with E-state index >= 15 is 0 Å². The molecule has 2 fully saturated rings. The molecule has 64 valence electrons. The highest BCUT2D eigenvalue weighted by Crippen LogP contribution is 2.52. The van der Waals surface area contributed by atoms with Crippen LogP contribution in [0.4, 0.5) is 0 Å². The smallest absolute Gasteiger partial charge is 0.0650 e. The Morgan fingerprint density at radius 3 is 2.64 bits per heavy atom. The summed E-state index contributed by atoms with van der Waals surface area (Å²) in [6, 6.07) is 0. The molecule has 11 heavy (non-hydrogen) atoms. The Bertz CT molecular complexity index is 162. The highest BCUT2D eigenvalue weighted by molar-refractivity contribution is 4.99. The van der Waals surface area contributed by atoms with Crippen molar-refractivity contribution in [2.75, 3.05) is 0 Å². The molecule has 0 unspecified atom stereocenters. The summed E-state index contributed by atoms with van der Waals surface area (Å²) in [6.45, 7) is 4.36. The number of hydrogen-bond donors (Lipinski definition) is 1. The van der Waals surface area contributed by atoms with Crippen molar-refractivity contribution < 1.29 is 5.11 Å². The van der Waals surface area contributed by atoms with E-state index in [0.29, 0.717) is 5.92 Å². The second-order valence-corrected chi connectivity index (χ2v) is 4.72. The Balaban J connectivity index is 2.17. The molecule has 0 heterocycles. The van der Waals surface area contributed by atoms with E-state index in [0.717, 1.165) is 18.3 Å². The largest absolute Gasteiger partial charge is 0.390 e. The third kappa shape index (κ3) is 1.01. The first kappa shape index (κ1) is 7.60. The molecule has 2 rings (SSSR count). The lowest BCUT2D eigenvalue weighted by Crippen LogP contribution is -2.29. The van der Waals surface area contributed by atoms with Crippen molar-refractivity contribution in [1.82, 2.24) is 0 Å². The summed E-state index contributed by atoms with van der Waals surface area (Å²) < 4.78 is 0. The van der Waals surface area contributed by atoms with Crippen molar-refractivity contribution in [3.63, 3.8) is 0 Å². The maximum atomic E-state index is 9.98. The Morgan fingerprint density at radius 2 is 2.00 bits per heavy atom. The van der Waals surface area contributed by atoms with Gasteiger partial charge < -0.3 is 5.11 Å². The van der Waals surface area contributed by atoms with E-state index in [-0.39, 0.29) is 5.60 Å². The Morgan fingerprint density at radius 1 is 1.27 bits per heavy atom. The molecule has 1 heteroatoms. The zero-order valence-electron chi connectivity index (χ0n) is 7.51. The molecule has 0 bridgehead atoms. The molecule has 0 radical (unpaired) electrons. The van der Waals surface area contributed by atoms with Gasteiger partial charge in [-0.15, -0.1) is 0 Å². The van der Waals surface area contributed by atoms with E-state index in [2.05, 4.69) is 6.92 Å². The third-order valence-electron chi connectivity index (χ3n) is 3.96. The molecule has 1 N–H and O–H groups in total. The number of hydrogen-bond acceptors (Lipinski definition) is 1. The van der Waals surface area contributed by atoms with Gasteiger partial charge in [0.05, 0.1) is 5.60 Å². The van der Waals surface area contributed by atoms with E-state index in [1.165, 1.54) is 19.3 Å². The van der Waals surface area contributed by atoms with Gasteiger partial charge in [-0.3, -0.25) is 0 Å². The molecule has 2 aliphatic rings. The fraction of sp³-hybridized carbons (Fsp3) is 1.00. The molecule has 4 atom stereocenters. The molecule has 0 amide bonds. The number of aliphatic hydroxyl groups is 1. The Kier molecular flexibility index (Phi) is 1.54. The SMILES string of the molecule is C[C@@H]1CC[C@@H]2[C@H]1CC[C@]2(C)O. The highest BCUT2D eigenvalue weighted by Gasteiger charge is 2.48. The quantitative estimate of drug-likeness (QED) is 0.567. The van der Waals surface area contributed by atoms with Gasteiger partial charge in [0.2, 0.25) is 0 Å². The standard InChI is InChI=1S/C10H18O/c1-7-3-4-9-8(7)5-6-10(9,2)11/h7-9,11H,3-6H2,1-2H3/t7-,8+,9-,10+/m1/s1. The molecule has 1 nitrogen and oxygen atoms in total. The van der Waals surface area contributed by atoms with Gasteiger partial charge in [0.25, 0.3) is 0 Å². The van der Waals surface area contributed by atoms with Gasteiger partial charge in [-0.25, -0.2) is 0 Å². The van der Waals surface area contributed by atoms with Gasteiger partial charge in [0, 0.05) is 0 Å². The monoisotopic (exact) mass is 154 g/mol. The first-order valence-corrected chi connectivity index (χ1v) is 4.83. The number of fused-ring (bicyclic) bond motifs is 1. The normalized spacial score (nSPS) is 56.5. The fourth-order valence-corrected chi connectivity index (χ4v) is 3.17. The molecule has 0 saturated heterocycles. The lowest BCUT2D eigenvalue weighted by Gasteiger charge is -2.24. The van der Waals surface area contributed by atoms with Crippen LogP contribution in [0.5, 0.6) is 0 Å². The zero-order chi connectivity index (χ0) is 8.06. The Labute approximate surface area is 68.8 Å². The summed E-state index contributed by atoms with van der Waals surface area (Å²) in [6.07, 6.45) is 4.90. The van der Waals surface area contributed by atoms with E-state index in [1.807, 2.05) is 6.92 Å². The van der Waals surface area contributed by atoms with Gasteiger partial charge in [-0.1, -0.05) is 13.3 Å².